The number of nitrogens with one attached hydrogen (secondary N) is 1. The highest BCUT2D eigenvalue weighted by atomic mass is 16.6. The van der Waals surface area contributed by atoms with Gasteiger partial charge in [-0.25, -0.2) is 0 Å². The summed E-state index contributed by atoms with van der Waals surface area (Å²) >= 11 is 0. The SMILES string of the molecule is CNOC=NCCC(C)C. The lowest BCUT2D eigenvalue weighted by molar-refractivity contribution is 0.221. The first-order valence-corrected chi connectivity index (χ1v) is 3.58. The molecule has 0 aliphatic heterocycles. The van der Waals surface area contributed by atoms with E-state index < -0.39 is 0 Å². The van der Waals surface area contributed by atoms with Gasteiger partial charge in [-0.15, -0.1) is 0 Å². The van der Waals surface area contributed by atoms with Crippen LogP contribution >= 0.6 is 0 Å². The fourth-order valence-electron chi connectivity index (χ4n) is 0.475. The summed E-state index contributed by atoms with van der Waals surface area (Å²) in [6.45, 7) is 5.20. The highest BCUT2D eigenvalue weighted by Gasteiger charge is 1.89. The van der Waals surface area contributed by atoms with Crippen molar-refractivity contribution in [1.82, 2.24) is 5.48 Å². The molecule has 0 aromatic rings. The van der Waals surface area contributed by atoms with E-state index in [0.717, 1.165) is 13.0 Å². The van der Waals surface area contributed by atoms with Gasteiger partial charge in [0.15, 0.2) is 6.40 Å². The smallest absolute Gasteiger partial charge is 0.196 e. The molecule has 10 heavy (non-hydrogen) atoms. The molecule has 0 atom stereocenters. The normalized spacial score (nSPS) is 11.2. The summed E-state index contributed by atoms with van der Waals surface area (Å²) in [7, 11) is 1.70. The second-order valence-electron chi connectivity index (χ2n) is 2.52. The largest absolute Gasteiger partial charge is 0.397 e. The molecule has 0 saturated heterocycles. The number of aliphatic imine (C=N–C) groups is 1. The fraction of sp³-hybridized carbons (Fsp3) is 0.857. The average molecular weight is 144 g/mol. The topological polar surface area (TPSA) is 33.6 Å². The maximum absolute atomic E-state index is 4.67. The van der Waals surface area contributed by atoms with E-state index in [0.29, 0.717) is 5.92 Å². The van der Waals surface area contributed by atoms with Crippen molar-refractivity contribution in [2.24, 2.45) is 10.9 Å². The molecular weight excluding hydrogens is 128 g/mol. The van der Waals surface area contributed by atoms with Crippen LogP contribution in [0.5, 0.6) is 0 Å². The molecule has 0 aromatic heterocycles. The molecule has 0 aromatic carbocycles. The molecule has 0 aliphatic rings. The third-order valence-corrected chi connectivity index (χ3v) is 1.08. The maximum atomic E-state index is 4.67. The molecule has 0 spiro atoms. The van der Waals surface area contributed by atoms with Crippen molar-refractivity contribution in [2.45, 2.75) is 20.3 Å². The number of hydroxylamine groups is 1. The summed E-state index contributed by atoms with van der Waals surface area (Å²) in [4.78, 5) is 8.67. The molecule has 0 amide bonds. The van der Waals surface area contributed by atoms with Crippen molar-refractivity contribution < 1.29 is 4.84 Å². The summed E-state index contributed by atoms with van der Waals surface area (Å²) in [5.41, 5.74) is 2.51. The van der Waals surface area contributed by atoms with Gasteiger partial charge in [0, 0.05) is 13.6 Å². The minimum atomic E-state index is 0.715. The quantitative estimate of drug-likeness (QED) is 0.357. The van der Waals surface area contributed by atoms with Crippen molar-refractivity contribution >= 4 is 6.40 Å². The first kappa shape index (κ1) is 9.43. The number of rotatable bonds is 5. The standard InChI is InChI=1S/C7H16N2O/c1-7(2)4-5-9-6-10-8-3/h6-8H,4-5H2,1-3H3. The van der Waals surface area contributed by atoms with Gasteiger partial charge in [0.2, 0.25) is 0 Å². The van der Waals surface area contributed by atoms with Crippen LogP contribution in [0.15, 0.2) is 4.99 Å². The Labute approximate surface area is 62.4 Å². The Morgan fingerprint density at radius 3 is 2.80 bits per heavy atom. The van der Waals surface area contributed by atoms with Crippen molar-refractivity contribution in [1.29, 1.82) is 0 Å². The maximum Gasteiger partial charge on any atom is 0.196 e. The third-order valence-electron chi connectivity index (χ3n) is 1.08. The van der Waals surface area contributed by atoms with Gasteiger partial charge >= 0.3 is 0 Å². The van der Waals surface area contributed by atoms with Crippen LogP contribution in [0.25, 0.3) is 0 Å². The van der Waals surface area contributed by atoms with Crippen LogP contribution < -0.4 is 5.48 Å². The fourth-order valence-corrected chi connectivity index (χ4v) is 0.475. The molecule has 3 heteroatoms. The van der Waals surface area contributed by atoms with Crippen LogP contribution in [0.1, 0.15) is 20.3 Å². The summed E-state index contributed by atoms with van der Waals surface area (Å²) in [5.74, 6) is 0.715. The van der Waals surface area contributed by atoms with E-state index in [1.165, 1.54) is 6.40 Å². The van der Waals surface area contributed by atoms with Crippen LogP contribution in [-0.2, 0) is 4.84 Å². The molecule has 0 radical (unpaired) electrons. The molecular formula is C7H16N2O. The van der Waals surface area contributed by atoms with E-state index in [4.69, 9.17) is 0 Å². The molecule has 0 aliphatic carbocycles. The number of nitrogens with zero attached hydrogens (tertiary/aromatic N) is 1. The molecule has 1 N–H and O–H groups in total. The summed E-state index contributed by atoms with van der Waals surface area (Å²) in [5, 5.41) is 0. The number of hydrogen-bond donors (Lipinski definition) is 1. The summed E-state index contributed by atoms with van der Waals surface area (Å²) < 4.78 is 0. The van der Waals surface area contributed by atoms with Crippen LogP contribution in [0.4, 0.5) is 0 Å². The van der Waals surface area contributed by atoms with Gasteiger partial charge in [-0.1, -0.05) is 13.8 Å². The Morgan fingerprint density at radius 1 is 1.60 bits per heavy atom. The Hall–Kier alpha value is -0.570. The highest BCUT2D eigenvalue weighted by Crippen LogP contribution is 1.97. The first-order chi connectivity index (χ1) is 4.77. The Balaban J connectivity index is 3.02. The van der Waals surface area contributed by atoms with E-state index in [2.05, 4.69) is 29.2 Å². The van der Waals surface area contributed by atoms with Gasteiger partial charge < -0.3 is 4.84 Å². The van der Waals surface area contributed by atoms with E-state index in [9.17, 15) is 0 Å². The van der Waals surface area contributed by atoms with E-state index in [1.807, 2.05) is 0 Å². The van der Waals surface area contributed by atoms with E-state index >= 15 is 0 Å². The van der Waals surface area contributed by atoms with Gasteiger partial charge in [-0.05, 0) is 12.3 Å². The van der Waals surface area contributed by atoms with Gasteiger partial charge in [-0.2, -0.15) is 5.48 Å². The lowest BCUT2D eigenvalue weighted by Gasteiger charge is -1.98. The molecule has 3 nitrogen and oxygen atoms in total. The van der Waals surface area contributed by atoms with Gasteiger partial charge in [0.1, 0.15) is 0 Å². The van der Waals surface area contributed by atoms with Gasteiger partial charge in [0.25, 0.3) is 0 Å². The lowest BCUT2D eigenvalue weighted by Crippen LogP contribution is -2.05. The third kappa shape index (κ3) is 7.43. The first-order valence-electron chi connectivity index (χ1n) is 3.58. The molecule has 0 rings (SSSR count). The van der Waals surface area contributed by atoms with Crippen molar-refractivity contribution in [3.8, 4) is 0 Å². The van der Waals surface area contributed by atoms with Crippen LogP contribution in [-0.4, -0.2) is 20.0 Å². The van der Waals surface area contributed by atoms with Crippen LogP contribution in [0.2, 0.25) is 0 Å². The predicted molar refractivity (Wildman–Crippen MR) is 43.0 cm³/mol. The predicted octanol–water partition coefficient (Wildman–Crippen LogP) is 1.21. The minimum absolute atomic E-state index is 0.715. The molecule has 0 fully saturated rings. The zero-order valence-corrected chi connectivity index (χ0v) is 6.92. The number of hydrogen-bond acceptors (Lipinski definition) is 3. The Kier molecular flexibility index (Phi) is 6.18. The molecule has 0 unspecified atom stereocenters. The summed E-state index contributed by atoms with van der Waals surface area (Å²) in [6.07, 6.45) is 2.55. The monoisotopic (exact) mass is 144 g/mol. The molecule has 60 valence electrons. The van der Waals surface area contributed by atoms with Crippen molar-refractivity contribution in [2.75, 3.05) is 13.6 Å². The second-order valence-corrected chi connectivity index (χ2v) is 2.52. The lowest BCUT2D eigenvalue weighted by atomic mass is 10.1. The average Bonchev–Trinajstić information content (AvgIpc) is 1.87. The van der Waals surface area contributed by atoms with E-state index in [-0.39, 0.29) is 0 Å². The zero-order chi connectivity index (χ0) is 7.82. The molecule has 0 bridgehead atoms. The zero-order valence-electron chi connectivity index (χ0n) is 6.92. The van der Waals surface area contributed by atoms with Gasteiger partial charge in [-0.3, -0.25) is 4.99 Å². The van der Waals surface area contributed by atoms with Crippen LogP contribution in [0, 0.1) is 5.92 Å². The van der Waals surface area contributed by atoms with Gasteiger partial charge in [0.05, 0.1) is 0 Å². The highest BCUT2D eigenvalue weighted by molar-refractivity contribution is 5.45. The second kappa shape index (κ2) is 6.55. The summed E-state index contributed by atoms with van der Waals surface area (Å²) in [6, 6.07) is 0. The molecule has 0 heterocycles. The van der Waals surface area contributed by atoms with Crippen LogP contribution in [0.3, 0.4) is 0 Å². The molecule has 0 saturated carbocycles. The van der Waals surface area contributed by atoms with Crippen molar-refractivity contribution in [3.63, 3.8) is 0 Å². The minimum Gasteiger partial charge on any atom is -0.397 e. The van der Waals surface area contributed by atoms with Crippen molar-refractivity contribution in [3.05, 3.63) is 0 Å². The Morgan fingerprint density at radius 2 is 2.30 bits per heavy atom. The Bertz CT molecular complexity index is 91.6. The van der Waals surface area contributed by atoms with E-state index in [1.54, 1.807) is 7.05 Å².